The van der Waals surface area contributed by atoms with Gasteiger partial charge in [-0.3, -0.25) is 0 Å². The van der Waals surface area contributed by atoms with E-state index in [-0.39, 0.29) is 39.1 Å². The first-order chi connectivity index (χ1) is 42.2. The SMILES string of the molecule is NCCCNCCCCNCCCNC(=O)NCC1OC(OC2C(NC(=O)NCCCNCCCCNCCCN)CC(NC(=O)NCCN)C(OC3OC(CO)C(O)C(NC(=O)NCCCNCCCCNCCCN)C3O)C2O)C(O)C(O)C1O. The van der Waals surface area contributed by atoms with Crippen molar-refractivity contribution in [1.82, 2.24) is 74.4 Å². The highest BCUT2D eigenvalue weighted by Crippen LogP contribution is 2.33. The number of rotatable bonds is 48. The van der Waals surface area contributed by atoms with Crippen LogP contribution in [0.3, 0.4) is 0 Å². The summed E-state index contributed by atoms with van der Waals surface area (Å²) in [5, 5.41) is 121. The van der Waals surface area contributed by atoms with Crippen LogP contribution in [0.1, 0.15) is 83.5 Å². The molecule has 3 aliphatic rings. The van der Waals surface area contributed by atoms with Gasteiger partial charge in [0.25, 0.3) is 0 Å². The summed E-state index contributed by atoms with van der Waals surface area (Å²) in [6.45, 7) is 11.1. The lowest BCUT2D eigenvalue weighted by atomic mass is 9.83. The van der Waals surface area contributed by atoms with Crippen LogP contribution in [0, 0.1) is 0 Å². The van der Waals surface area contributed by atoms with Crippen LogP contribution >= 0.6 is 0 Å². The third-order valence-electron chi connectivity index (χ3n) is 14.9. The Labute approximate surface area is 513 Å². The van der Waals surface area contributed by atoms with Crippen molar-refractivity contribution in [3.8, 4) is 0 Å². The van der Waals surface area contributed by atoms with E-state index in [2.05, 4.69) is 74.4 Å². The second kappa shape index (κ2) is 48.1. The fourth-order valence-electron chi connectivity index (χ4n) is 9.98. The molecule has 33 nitrogen and oxygen atoms in total. The predicted molar refractivity (Wildman–Crippen MR) is 326 cm³/mol. The van der Waals surface area contributed by atoms with Gasteiger partial charge >= 0.3 is 24.1 Å². The molecule has 1 saturated carbocycles. The molecule has 0 aromatic rings. The number of hydrogen-bond donors (Lipinski definition) is 25. The number of carbonyl (C=O) groups is 4. The maximum atomic E-state index is 13.7. The number of amides is 8. The molecule has 15 unspecified atom stereocenters. The summed E-state index contributed by atoms with van der Waals surface area (Å²) in [5.74, 6) is 0. The number of hydrogen-bond acceptors (Lipinski definition) is 25. The Bertz CT molecular complexity index is 1790. The zero-order valence-corrected chi connectivity index (χ0v) is 51.1. The Balaban J connectivity index is 1.77. The molecule has 0 radical (unpaired) electrons. The summed E-state index contributed by atoms with van der Waals surface area (Å²) in [7, 11) is 0. The van der Waals surface area contributed by atoms with E-state index in [4.69, 9.17) is 41.9 Å². The highest BCUT2D eigenvalue weighted by Gasteiger charge is 2.54. The highest BCUT2D eigenvalue weighted by atomic mass is 16.7. The number of urea groups is 4. The molecule has 510 valence electrons. The quantitative estimate of drug-likeness (QED) is 0.0252. The van der Waals surface area contributed by atoms with Crippen molar-refractivity contribution < 1.29 is 73.9 Å². The second-order valence-electron chi connectivity index (χ2n) is 22.1. The number of aliphatic hydroxyl groups excluding tert-OH is 7. The minimum Gasteiger partial charge on any atom is -0.394 e. The van der Waals surface area contributed by atoms with Gasteiger partial charge < -0.3 is 152 Å². The summed E-state index contributed by atoms with van der Waals surface area (Å²) in [5.41, 5.74) is 22.3. The molecule has 33 heteroatoms. The Morgan fingerprint density at radius 3 is 1.15 bits per heavy atom. The molecule has 2 heterocycles. The van der Waals surface area contributed by atoms with Gasteiger partial charge in [0.2, 0.25) is 0 Å². The molecule has 15 atom stereocenters. The van der Waals surface area contributed by atoms with Crippen molar-refractivity contribution in [2.75, 3.05) is 144 Å². The van der Waals surface area contributed by atoms with Gasteiger partial charge in [-0.15, -0.1) is 0 Å². The third-order valence-corrected chi connectivity index (χ3v) is 14.9. The topological polar surface area (TPSA) is 519 Å². The zero-order chi connectivity index (χ0) is 63.4. The van der Waals surface area contributed by atoms with Gasteiger partial charge in [0.05, 0.1) is 24.7 Å². The molecule has 3 rings (SSSR count). The van der Waals surface area contributed by atoms with Crippen LogP contribution in [0.25, 0.3) is 0 Å². The summed E-state index contributed by atoms with van der Waals surface area (Å²) in [6.07, 6.45) is -10.9. The normalized spacial score (nSPS) is 27.3. The van der Waals surface area contributed by atoms with E-state index in [0.717, 1.165) is 117 Å². The number of nitrogens with two attached hydrogens (primary N) is 4. The monoisotopic (exact) mass is 1250 g/mol. The van der Waals surface area contributed by atoms with Crippen molar-refractivity contribution in [2.45, 2.75) is 175 Å². The summed E-state index contributed by atoms with van der Waals surface area (Å²) in [4.78, 5) is 53.2. The van der Waals surface area contributed by atoms with E-state index in [1.54, 1.807) is 0 Å². The maximum Gasteiger partial charge on any atom is 0.315 e. The zero-order valence-electron chi connectivity index (χ0n) is 51.1. The van der Waals surface area contributed by atoms with Gasteiger partial charge in [-0.2, -0.15) is 0 Å². The first-order valence-electron chi connectivity index (χ1n) is 31.7. The van der Waals surface area contributed by atoms with Crippen LogP contribution in [0.15, 0.2) is 0 Å². The number of aliphatic hydroxyl groups is 7. The molecular weight excluding hydrogens is 1140 g/mol. The molecule has 2 saturated heterocycles. The van der Waals surface area contributed by atoms with E-state index in [0.29, 0.717) is 65.1 Å². The molecule has 0 aromatic carbocycles. The van der Waals surface area contributed by atoms with Crippen LogP contribution in [0.5, 0.6) is 0 Å². The van der Waals surface area contributed by atoms with Crippen molar-refractivity contribution in [3.05, 3.63) is 0 Å². The molecule has 3 fully saturated rings. The summed E-state index contributed by atoms with van der Waals surface area (Å²) in [6, 6.07) is -6.90. The van der Waals surface area contributed by atoms with E-state index >= 15 is 0 Å². The smallest absolute Gasteiger partial charge is 0.315 e. The fraction of sp³-hybridized carbons (Fsp3) is 0.926. The average molecular weight is 1260 g/mol. The van der Waals surface area contributed by atoms with Gasteiger partial charge in [-0.05, 0) is 182 Å². The van der Waals surface area contributed by atoms with Gasteiger partial charge in [-0.25, -0.2) is 19.2 Å². The van der Waals surface area contributed by atoms with Gasteiger partial charge in [0, 0.05) is 39.3 Å². The number of ether oxygens (including phenoxy) is 4. The van der Waals surface area contributed by atoms with Gasteiger partial charge in [0.15, 0.2) is 12.6 Å². The van der Waals surface area contributed by atoms with E-state index in [9.17, 15) is 54.9 Å². The minimum atomic E-state index is -1.97. The van der Waals surface area contributed by atoms with E-state index < -0.39 is 122 Å². The van der Waals surface area contributed by atoms with Crippen molar-refractivity contribution in [2.24, 2.45) is 22.9 Å². The third kappa shape index (κ3) is 31.7. The molecule has 8 amide bonds. The largest absolute Gasteiger partial charge is 0.394 e. The van der Waals surface area contributed by atoms with Crippen LogP contribution in [0.2, 0.25) is 0 Å². The molecule has 87 heavy (non-hydrogen) atoms. The first kappa shape index (κ1) is 77.5. The number of carbonyl (C=O) groups excluding carboxylic acids is 4. The van der Waals surface area contributed by atoms with E-state index in [1.165, 1.54) is 0 Å². The predicted octanol–water partition coefficient (Wildman–Crippen LogP) is -7.88. The molecule has 0 bridgehead atoms. The molecule has 2 aliphatic heterocycles. The molecule has 0 aromatic heterocycles. The molecular formula is C54H114N18O15. The lowest BCUT2D eigenvalue weighted by Gasteiger charge is -2.49. The van der Waals surface area contributed by atoms with Crippen LogP contribution < -0.4 is 97.4 Å². The Kier molecular flexibility index (Phi) is 42.8. The lowest BCUT2D eigenvalue weighted by Crippen LogP contribution is -2.71. The van der Waals surface area contributed by atoms with Crippen molar-refractivity contribution in [3.63, 3.8) is 0 Å². The van der Waals surface area contributed by atoms with E-state index in [1.807, 2.05) is 0 Å². The number of unbranched alkanes of at least 4 members (excludes halogenated alkanes) is 3. The number of nitrogens with one attached hydrogen (secondary N) is 14. The molecule has 0 spiro atoms. The summed E-state index contributed by atoms with van der Waals surface area (Å²) >= 11 is 0. The molecule has 29 N–H and O–H groups in total. The van der Waals surface area contributed by atoms with Crippen LogP contribution in [0.4, 0.5) is 19.2 Å². The van der Waals surface area contributed by atoms with Crippen LogP contribution in [-0.4, -0.2) is 296 Å². The van der Waals surface area contributed by atoms with Crippen molar-refractivity contribution >= 4 is 24.1 Å². The maximum absolute atomic E-state index is 13.7. The van der Waals surface area contributed by atoms with Gasteiger partial charge in [0.1, 0.15) is 61.0 Å². The Morgan fingerprint density at radius 1 is 0.368 bits per heavy atom. The first-order valence-corrected chi connectivity index (χ1v) is 31.7. The van der Waals surface area contributed by atoms with Gasteiger partial charge in [-0.1, -0.05) is 0 Å². The fourth-order valence-corrected chi connectivity index (χ4v) is 9.98. The highest BCUT2D eigenvalue weighted by molar-refractivity contribution is 5.75. The lowest BCUT2D eigenvalue weighted by molar-refractivity contribution is -0.334. The minimum absolute atomic E-state index is 0.0278. The standard InChI is InChI=1S/C54H114N18O15/c55-13-7-23-59-17-1-4-20-62-26-10-29-65-51(80)69-34-38-42(75)44(77)45(78)50(84-38)87-48-37(70-52(81)66-30-11-27-63-21-5-2-18-60-24-8-14-56)33-36(71-53(82)68-32-16-58)47(46(48)79)86-49-43(76)40(41(74)39(35-73)85-49)72-54(83)67-31-12-28-64-22-6-3-19-61-25-9-15-57/h36-50,59-64,73-79H,1-35,55-58H2,(H2,65,69,80)(H2,66,70,81)(H2,67,72,83)(H2,68,71,82). The molecule has 1 aliphatic carbocycles. The summed E-state index contributed by atoms with van der Waals surface area (Å²) < 4.78 is 24.5. The average Bonchev–Trinajstić information content (AvgIpc) is 0.968. The Hall–Kier alpha value is -3.76. The van der Waals surface area contributed by atoms with Crippen LogP contribution in [-0.2, 0) is 18.9 Å². The Morgan fingerprint density at radius 2 is 0.736 bits per heavy atom. The second-order valence-corrected chi connectivity index (χ2v) is 22.1. The van der Waals surface area contributed by atoms with Crippen molar-refractivity contribution in [1.29, 1.82) is 0 Å².